The molecule has 0 saturated heterocycles. The summed E-state index contributed by atoms with van der Waals surface area (Å²) in [6.45, 7) is 0. The molecule has 2 aromatic rings. The summed E-state index contributed by atoms with van der Waals surface area (Å²) in [4.78, 5) is 13.0. The van der Waals surface area contributed by atoms with Crippen molar-refractivity contribution in [3.8, 4) is 5.75 Å². The van der Waals surface area contributed by atoms with Crippen LogP contribution in [0.2, 0.25) is 0 Å². The van der Waals surface area contributed by atoms with E-state index in [-0.39, 0.29) is 11.6 Å². The van der Waals surface area contributed by atoms with Gasteiger partial charge in [0.05, 0.1) is 13.2 Å². The van der Waals surface area contributed by atoms with Gasteiger partial charge in [0.2, 0.25) is 0 Å². The minimum absolute atomic E-state index is 0.108. The van der Waals surface area contributed by atoms with Crippen LogP contribution in [-0.4, -0.2) is 11.7 Å². The largest absolute Gasteiger partial charge is 0.497 e. The lowest BCUT2D eigenvalue weighted by Crippen LogP contribution is -2.30. The number of nitrogens with two attached hydrogens (primary N) is 1. The van der Waals surface area contributed by atoms with Crippen LogP contribution in [0.4, 0.5) is 0 Å². The highest BCUT2D eigenvalue weighted by Crippen LogP contribution is 2.37. The third kappa shape index (κ3) is 2.47. The van der Waals surface area contributed by atoms with E-state index in [9.17, 15) is 4.79 Å². The molecule has 0 aliphatic heterocycles. The number of hydrogen-bond acceptors (Lipinski definition) is 3. The van der Waals surface area contributed by atoms with E-state index in [0.29, 0.717) is 6.04 Å². The first-order valence-corrected chi connectivity index (χ1v) is 8.35. The van der Waals surface area contributed by atoms with Crippen LogP contribution in [0.5, 0.6) is 5.75 Å². The monoisotopic (exact) mass is 310 g/mol. The first kappa shape index (κ1) is 14.5. The summed E-state index contributed by atoms with van der Waals surface area (Å²) < 4.78 is 7.23. The van der Waals surface area contributed by atoms with Gasteiger partial charge in [0.15, 0.2) is 0 Å². The molecule has 4 heteroatoms. The highest BCUT2D eigenvalue weighted by Gasteiger charge is 2.31. The first-order valence-electron chi connectivity index (χ1n) is 8.35. The van der Waals surface area contributed by atoms with Crippen LogP contribution >= 0.6 is 0 Å². The van der Waals surface area contributed by atoms with E-state index in [0.717, 1.165) is 49.0 Å². The molecule has 4 rings (SSSR count). The smallest absolute Gasteiger partial charge is 0.256 e. The minimum atomic E-state index is -0.385. The molecule has 0 radical (unpaired) electrons. The number of benzene rings is 1. The Labute approximate surface area is 135 Å². The molecule has 120 valence electrons. The second-order valence-electron chi connectivity index (χ2n) is 6.58. The summed E-state index contributed by atoms with van der Waals surface area (Å²) in [5.74, 6) is 0.797. The van der Waals surface area contributed by atoms with Crippen molar-refractivity contribution < 1.29 is 4.74 Å². The maximum absolute atomic E-state index is 13.0. The summed E-state index contributed by atoms with van der Waals surface area (Å²) in [6.07, 6.45) is 5.47. The Morgan fingerprint density at radius 1 is 1.22 bits per heavy atom. The Bertz CT molecular complexity index is 788. The number of aromatic nitrogens is 1. The Kier molecular flexibility index (Phi) is 3.49. The molecule has 1 fully saturated rings. The highest BCUT2D eigenvalue weighted by atomic mass is 16.5. The Morgan fingerprint density at radius 2 is 1.96 bits per heavy atom. The Balaban J connectivity index is 1.78. The summed E-state index contributed by atoms with van der Waals surface area (Å²) in [5, 5.41) is 0. The zero-order valence-electron chi connectivity index (χ0n) is 13.4. The molecule has 2 aliphatic carbocycles. The molecule has 0 spiro atoms. The van der Waals surface area contributed by atoms with Crippen LogP contribution < -0.4 is 16.0 Å². The number of ether oxygens (including phenoxy) is 1. The lowest BCUT2D eigenvalue weighted by atomic mass is 9.98. The van der Waals surface area contributed by atoms with Gasteiger partial charge in [-0.25, -0.2) is 0 Å². The number of methoxy groups -OCH3 is 1. The normalized spacial score (nSPS) is 17.8. The molecule has 1 unspecified atom stereocenters. The van der Waals surface area contributed by atoms with Gasteiger partial charge >= 0.3 is 0 Å². The third-order valence-corrected chi connectivity index (χ3v) is 5.04. The second-order valence-corrected chi connectivity index (χ2v) is 6.58. The van der Waals surface area contributed by atoms with Crippen LogP contribution in [0.25, 0.3) is 0 Å². The van der Waals surface area contributed by atoms with Gasteiger partial charge in [0.25, 0.3) is 5.56 Å². The molecule has 4 nitrogen and oxygen atoms in total. The summed E-state index contributed by atoms with van der Waals surface area (Å²) in [6, 6.07) is 9.74. The van der Waals surface area contributed by atoms with Crippen LogP contribution in [-0.2, 0) is 12.8 Å². The highest BCUT2D eigenvalue weighted by molar-refractivity contribution is 5.38. The number of nitrogens with zero attached hydrogens (tertiary/aromatic N) is 1. The molecule has 0 bridgehead atoms. The van der Waals surface area contributed by atoms with Gasteiger partial charge in [-0.2, -0.15) is 0 Å². The zero-order chi connectivity index (χ0) is 16.0. The third-order valence-electron chi connectivity index (χ3n) is 5.04. The number of rotatable bonds is 4. The van der Waals surface area contributed by atoms with Gasteiger partial charge in [0, 0.05) is 17.3 Å². The van der Waals surface area contributed by atoms with Gasteiger partial charge in [-0.15, -0.1) is 0 Å². The fraction of sp³-hybridized carbons (Fsp3) is 0.421. The molecule has 1 aromatic heterocycles. The van der Waals surface area contributed by atoms with E-state index < -0.39 is 0 Å². The summed E-state index contributed by atoms with van der Waals surface area (Å²) in [5.41, 5.74) is 10.8. The van der Waals surface area contributed by atoms with Crippen molar-refractivity contribution in [2.24, 2.45) is 5.73 Å². The molecule has 0 amide bonds. The molecule has 1 saturated carbocycles. The summed E-state index contributed by atoms with van der Waals surface area (Å²) in [7, 11) is 1.64. The fourth-order valence-corrected chi connectivity index (χ4v) is 3.63. The van der Waals surface area contributed by atoms with E-state index >= 15 is 0 Å². The maximum atomic E-state index is 13.0. The molecule has 1 aromatic carbocycles. The quantitative estimate of drug-likeness (QED) is 0.944. The molecular formula is C19H22N2O2. The van der Waals surface area contributed by atoms with E-state index in [2.05, 4.69) is 6.07 Å². The second kappa shape index (κ2) is 5.53. The molecular weight excluding hydrogens is 288 g/mol. The predicted molar refractivity (Wildman–Crippen MR) is 90.0 cm³/mol. The lowest BCUT2D eigenvalue weighted by Gasteiger charge is -2.18. The van der Waals surface area contributed by atoms with Crippen molar-refractivity contribution in [2.45, 2.75) is 44.2 Å². The molecule has 2 N–H and O–H groups in total. The average Bonchev–Trinajstić information content (AvgIpc) is 3.30. The van der Waals surface area contributed by atoms with Crippen molar-refractivity contribution in [1.29, 1.82) is 0 Å². The lowest BCUT2D eigenvalue weighted by molar-refractivity contribution is 0.414. The van der Waals surface area contributed by atoms with E-state index in [1.54, 1.807) is 7.11 Å². The summed E-state index contributed by atoms with van der Waals surface area (Å²) >= 11 is 0. The Hall–Kier alpha value is -2.07. The van der Waals surface area contributed by atoms with Crippen LogP contribution in [0.1, 0.15) is 53.7 Å². The standard InChI is InChI=1S/C19H22N2O2/c1-23-15-9-5-12(6-10-15)18(20)16-11-13-3-2-4-17(13)21(19(16)22)14-7-8-14/h5-6,9-11,14,18H,2-4,7-8,20H2,1H3. The molecule has 1 heterocycles. The Morgan fingerprint density at radius 3 is 2.61 bits per heavy atom. The van der Waals surface area contributed by atoms with Crippen LogP contribution in [0.3, 0.4) is 0 Å². The van der Waals surface area contributed by atoms with E-state index in [1.807, 2.05) is 28.8 Å². The minimum Gasteiger partial charge on any atom is -0.497 e. The van der Waals surface area contributed by atoms with Crippen molar-refractivity contribution in [3.05, 3.63) is 63.1 Å². The van der Waals surface area contributed by atoms with Gasteiger partial charge in [0.1, 0.15) is 5.75 Å². The number of hydrogen-bond donors (Lipinski definition) is 1. The molecule has 1 atom stereocenters. The van der Waals surface area contributed by atoms with Crippen LogP contribution in [0, 0.1) is 0 Å². The van der Waals surface area contributed by atoms with E-state index in [4.69, 9.17) is 10.5 Å². The van der Waals surface area contributed by atoms with Crippen molar-refractivity contribution in [1.82, 2.24) is 4.57 Å². The molecule has 23 heavy (non-hydrogen) atoms. The van der Waals surface area contributed by atoms with E-state index in [1.165, 1.54) is 11.3 Å². The molecule has 2 aliphatic rings. The van der Waals surface area contributed by atoms with Crippen molar-refractivity contribution >= 4 is 0 Å². The first-order chi connectivity index (χ1) is 11.2. The number of pyridine rings is 1. The fourth-order valence-electron chi connectivity index (χ4n) is 3.63. The average molecular weight is 310 g/mol. The number of aryl methyl sites for hydroxylation is 1. The van der Waals surface area contributed by atoms with Crippen molar-refractivity contribution in [3.63, 3.8) is 0 Å². The van der Waals surface area contributed by atoms with Gasteiger partial charge in [-0.05, 0) is 61.4 Å². The van der Waals surface area contributed by atoms with Gasteiger partial charge < -0.3 is 15.0 Å². The predicted octanol–water partition coefficient (Wildman–Crippen LogP) is 2.73. The van der Waals surface area contributed by atoms with Crippen LogP contribution in [0.15, 0.2) is 35.1 Å². The number of fused-ring (bicyclic) bond motifs is 1. The SMILES string of the molecule is COc1ccc(C(N)c2cc3c(n(C4CC4)c2=O)CCC3)cc1. The van der Waals surface area contributed by atoms with Gasteiger partial charge in [-0.1, -0.05) is 12.1 Å². The van der Waals surface area contributed by atoms with Crippen molar-refractivity contribution in [2.75, 3.05) is 7.11 Å². The van der Waals surface area contributed by atoms with Gasteiger partial charge in [-0.3, -0.25) is 4.79 Å². The zero-order valence-corrected chi connectivity index (χ0v) is 13.4. The topological polar surface area (TPSA) is 57.2 Å². The maximum Gasteiger partial charge on any atom is 0.256 e.